The van der Waals surface area contributed by atoms with Gasteiger partial charge in [0, 0.05) is 18.4 Å². The van der Waals surface area contributed by atoms with Gasteiger partial charge >= 0.3 is 0 Å². The smallest absolute Gasteiger partial charge is 0.255 e. The average molecular weight is 270 g/mol. The lowest BCUT2D eigenvalue weighted by Gasteiger charge is -2.12. The highest BCUT2D eigenvalue weighted by atomic mass is 16.3. The highest BCUT2D eigenvalue weighted by Gasteiger charge is 2.24. The summed E-state index contributed by atoms with van der Waals surface area (Å²) in [4.78, 5) is 23.3. The van der Waals surface area contributed by atoms with Gasteiger partial charge in [0.1, 0.15) is 5.75 Å². The molecule has 1 heterocycles. The number of amides is 2. The summed E-state index contributed by atoms with van der Waals surface area (Å²) < 4.78 is 0. The third-order valence-corrected chi connectivity index (χ3v) is 3.46. The van der Waals surface area contributed by atoms with Gasteiger partial charge in [-0.1, -0.05) is 30.3 Å². The lowest BCUT2D eigenvalue weighted by atomic mass is 10.0. The normalized spacial score (nSPS) is 18.0. The molecular weight excluding hydrogens is 256 g/mol. The molecule has 3 rings (SSSR count). The fourth-order valence-electron chi connectivity index (χ4n) is 2.41. The number of rotatable bonds is 2. The summed E-state index contributed by atoms with van der Waals surface area (Å²) in [6.07, 6.45) is 0.278. The van der Waals surface area contributed by atoms with Crippen LogP contribution in [-0.2, 0) is 4.79 Å². The van der Waals surface area contributed by atoms with Gasteiger partial charge in [0.15, 0.2) is 0 Å². The number of carbonyl (C=O) groups is 2. The van der Waals surface area contributed by atoms with Crippen LogP contribution in [0.1, 0.15) is 16.8 Å². The summed E-state index contributed by atoms with van der Waals surface area (Å²) in [7, 11) is 0. The molecule has 0 saturated carbocycles. The number of carbonyl (C=O) groups excluding carboxylic acids is 2. The van der Waals surface area contributed by atoms with Gasteiger partial charge in [0.05, 0.1) is 11.6 Å². The van der Waals surface area contributed by atoms with Crippen LogP contribution >= 0.6 is 0 Å². The topological polar surface area (TPSA) is 78.4 Å². The number of phenols is 1. The van der Waals surface area contributed by atoms with Gasteiger partial charge in [-0.3, -0.25) is 9.59 Å². The molecule has 102 valence electrons. The number of nitrogens with one attached hydrogen (secondary N) is 2. The van der Waals surface area contributed by atoms with Gasteiger partial charge in [-0.05, 0) is 11.5 Å². The Morgan fingerprint density at radius 3 is 2.80 bits per heavy atom. The first-order valence-corrected chi connectivity index (χ1v) is 6.43. The van der Waals surface area contributed by atoms with Gasteiger partial charge < -0.3 is 15.7 Å². The number of aromatic hydroxyl groups is 1. The first-order chi connectivity index (χ1) is 9.65. The van der Waals surface area contributed by atoms with Crippen LogP contribution in [0.4, 0.5) is 0 Å². The van der Waals surface area contributed by atoms with Gasteiger partial charge in [0.2, 0.25) is 5.91 Å². The molecule has 1 fully saturated rings. The van der Waals surface area contributed by atoms with Crippen LogP contribution in [0.2, 0.25) is 0 Å². The molecule has 2 aromatic rings. The maximum atomic E-state index is 12.2. The van der Waals surface area contributed by atoms with Crippen molar-refractivity contribution in [2.45, 2.75) is 12.5 Å². The molecule has 1 saturated heterocycles. The summed E-state index contributed by atoms with van der Waals surface area (Å²) >= 11 is 0. The Labute approximate surface area is 115 Å². The number of fused-ring (bicyclic) bond motifs is 1. The minimum Gasteiger partial charge on any atom is -0.506 e. The summed E-state index contributed by atoms with van der Waals surface area (Å²) in [6.45, 7) is 0.429. The van der Waals surface area contributed by atoms with Crippen LogP contribution < -0.4 is 10.6 Å². The van der Waals surface area contributed by atoms with Crippen LogP contribution in [0.3, 0.4) is 0 Å². The van der Waals surface area contributed by atoms with Crippen LogP contribution in [0.15, 0.2) is 36.4 Å². The fraction of sp³-hybridized carbons (Fsp3) is 0.200. The molecule has 0 spiro atoms. The molecule has 0 radical (unpaired) electrons. The van der Waals surface area contributed by atoms with Crippen molar-refractivity contribution in [3.63, 3.8) is 0 Å². The Bertz CT molecular complexity index is 697. The van der Waals surface area contributed by atoms with Crippen molar-refractivity contribution in [3.05, 3.63) is 42.0 Å². The van der Waals surface area contributed by atoms with Crippen molar-refractivity contribution in [1.29, 1.82) is 0 Å². The summed E-state index contributed by atoms with van der Waals surface area (Å²) in [5.74, 6) is -0.467. The van der Waals surface area contributed by atoms with E-state index in [4.69, 9.17) is 0 Å². The van der Waals surface area contributed by atoms with Crippen molar-refractivity contribution in [2.24, 2.45) is 0 Å². The molecule has 1 aliphatic heterocycles. The molecule has 2 amide bonds. The zero-order valence-electron chi connectivity index (χ0n) is 10.7. The van der Waals surface area contributed by atoms with E-state index in [9.17, 15) is 14.7 Å². The van der Waals surface area contributed by atoms with Crippen LogP contribution in [0.25, 0.3) is 10.8 Å². The second kappa shape index (κ2) is 4.85. The predicted octanol–water partition coefficient (Wildman–Crippen LogP) is 1.16. The Morgan fingerprint density at radius 2 is 2.05 bits per heavy atom. The maximum absolute atomic E-state index is 12.2. The standard InChI is InChI=1S/C15H14N2O3/c18-13-7-10(8-16-13)17-15(20)12-6-5-9-3-1-2-4-11(9)14(12)19/h1-6,10,19H,7-8H2,(H,16,18)(H,17,20). The second-order valence-electron chi connectivity index (χ2n) is 4.86. The SMILES string of the molecule is O=C1CC(NC(=O)c2ccc3ccccc3c2O)CN1. The minimum atomic E-state index is -0.366. The Kier molecular flexibility index (Phi) is 3.02. The van der Waals surface area contributed by atoms with Crippen molar-refractivity contribution in [2.75, 3.05) is 6.54 Å². The number of hydrogen-bond acceptors (Lipinski definition) is 3. The molecule has 1 aliphatic rings. The van der Waals surface area contributed by atoms with E-state index in [1.807, 2.05) is 18.2 Å². The van der Waals surface area contributed by atoms with E-state index in [0.29, 0.717) is 11.9 Å². The van der Waals surface area contributed by atoms with E-state index < -0.39 is 0 Å². The molecule has 0 aliphatic carbocycles. The third kappa shape index (κ3) is 2.18. The Balaban J connectivity index is 1.88. The summed E-state index contributed by atoms with van der Waals surface area (Å²) in [5.41, 5.74) is 0.225. The van der Waals surface area contributed by atoms with E-state index in [0.717, 1.165) is 5.39 Å². The molecule has 3 N–H and O–H groups in total. The quantitative estimate of drug-likeness (QED) is 0.766. The predicted molar refractivity (Wildman–Crippen MR) is 74.5 cm³/mol. The average Bonchev–Trinajstić information content (AvgIpc) is 2.84. The largest absolute Gasteiger partial charge is 0.506 e. The molecule has 5 nitrogen and oxygen atoms in total. The van der Waals surface area contributed by atoms with Crippen LogP contribution in [0.5, 0.6) is 5.75 Å². The van der Waals surface area contributed by atoms with Gasteiger partial charge in [-0.15, -0.1) is 0 Å². The molecule has 1 atom stereocenters. The number of hydrogen-bond donors (Lipinski definition) is 3. The van der Waals surface area contributed by atoms with Crippen LogP contribution in [-0.4, -0.2) is 29.5 Å². The molecule has 2 aromatic carbocycles. The van der Waals surface area contributed by atoms with E-state index in [2.05, 4.69) is 10.6 Å². The first-order valence-electron chi connectivity index (χ1n) is 6.43. The molecule has 0 aromatic heterocycles. The second-order valence-corrected chi connectivity index (χ2v) is 4.86. The van der Waals surface area contributed by atoms with E-state index >= 15 is 0 Å². The highest BCUT2D eigenvalue weighted by Crippen LogP contribution is 2.28. The Morgan fingerprint density at radius 1 is 1.25 bits per heavy atom. The van der Waals surface area contributed by atoms with Gasteiger partial charge in [-0.25, -0.2) is 0 Å². The zero-order valence-corrected chi connectivity index (χ0v) is 10.7. The first kappa shape index (κ1) is 12.5. The number of phenolic OH excluding ortho intramolecular Hbond substituents is 1. The highest BCUT2D eigenvalue weighted by molar-refractivity contribution is 6.03. The summed E-state index contributed by atoms with van der Waals surface area (Å²) in [6, 6.07) is 10.5. The van der Waals surface area contributed by atoms with Crippen molar-refractivity contribution in [1.82, 2.24) is 10.6 Å². The van der Waals surface area contributed by atoms with E-state index in [1.165, 1.54) is 0 Å². The third-order valence-electron chi connectivity index (χ3n) is 3.46. The van der Waals surface area contributed by atoms with E-state index in [-0.39, 0.29) is 35.6 Å². The lowest BCUT2D eigenvalue weighted by Crippen LogP contribution is -2.36. The molecule has 1 unspecified atom stereocenters. The Hall–Kier alpha value is -2.56. The minimum absolute atomic E-state index is 0.0297. The van der Waals surface area contributed by atoms with E-state index in [1.54, 1.807) is 18.2 Å². The van der Waals surface area contributed by atoms with Gasteiger partial charge in [0.25, 0.3) is 5.91 Å². The zero-order chi connectivity index (χ0) is 14.1. The molecule has 20 heavy (non-hydrogen) atoms. The monoisotopic (exact) mass is 270 g/mol. The molecular formula is C15H14N2O3. The van der Waals surface area contributed by atoms with Crippen molar-refractivity contribution in [3.8, 4) is 5.75 Å². The summed E-state index contributed by atoms with van der Waals surface area (Å²) in [5, 5.41) is 17.1. The molecule has 5 heteroatoms. The molecule has 0 bridgehead atoms. The van der Waals surface area contributed by atoms with Crippen LogP contribution in [0, 0.1) is 0 Å². The van der Waals surface area contributed by atoms with Crippen molar-refractivity contribution >= 4 is 22.6 Å². The number of benzene rings is 2. The lowest BCUT2D eigenvalue weighted by molar-refractivity contribution is -0.119. The maximum Gasteiger partial charge on any atom is 0.255 e. The van der Waals surface area contributed by atoms with Crippen molar-refractivity contribution < 1.29 is 14.7 Å². The fourth-order valence-corrected chi connectivity index (χ4v) is 2.41. The van der Waals surface area contributed by atoms with Gasteiger partial charge in [-0.2, -0.15) is 0 Å².